The molecule has 1 aliphatic heterocycles. The van der Waals surface area contributed by atoms with Crippen LogP contribution in [-0.2, 0) is 9.53 Å². The van der Waals surface area contributed by atoms with E-state index in [0.29, 0.717) is 6.54 Å². The summed E-state index contributed by atoms with van der Waals surface area (Å²) >= 11 is 0. The Kier molecular flexibility index (Phi) is 3.37. The maximum Gasteiger partial charge on any atom is 0.227 e. The molecule has 0 spiro atoms. The number of carbonyl (C=O) groups excluding carboxylic acids is 1. The van der Waals surface area contributed by atoms with Crippen LogP contribution in [0.3, 0.4) is 0 Å². The van der Waals surface area contributed by atoms with Crippen molar-refractivity contribution in [1.82, 2.24) is 5.32 Å². The van der Waals surface area contributed by atoms with E-state index < -0.39 is 11.0 Å². The Labute approximate surface area is 97.9 Å². The molecule has 4 heteroatoms. The van der Waals surface area contributed by atoms with Crippen molar-refractivity contribution < 1.29 is 9.53 Å². The van der Waals surface area contributed by atoms with Crippen molar-refractivity contribution >= 4 is 5.91 Å². The minimum Gasteiger partial charge on any atom is -0.380 e. The summed E-state index contributed by atoms with van der Waals surface area (Å²) in [5.74, 6) is 0.00752. The van der Waals surface area contributed by atoms with Gasteiger partial charge in [0.25, 0.3) is 0 Å². The highest BCUT2D eigenvalue weighted by molar-refractivity contribution is 5.83. The molecule has 4 nitrogen and oxygen atoms in total. The minimum atomic E-state index is -0.575. The lowest BCUT2D eigenvalue weighted by molar-refractivity contribution is -0.136. The second kappa shape index (κ2) is 4.00. The fourth-order valence-electron chi connectivity index (χ4n) is 1.36. The number of nitrogens with two attached hydrogens (primary N) is 1. The Bertz CT molecular complexity index is 275. The summed E-state index contributed by atoms with van der Waals surface area (Å²) in [4.78, 5) is 12.1. The van der Waals surface area contributed by atoms with Crippen LogP contribution in [0.15, 0.2) is 0 Å². The highest BCUT2D eigenvalue weighted by Crippen LogP contribution is 2.30. The number of ether oxygens (including phenoxy) is 1. The normalized spacial score (nSPS) is 20.1. The largest absolute Gasteiger partial charge is 0.380 e. The fourth-order valence-corrected chi connectivity index (χ4v) is 1.36. The molecule has 0 saturated carbocycles. The van der Waals surface area contributed by atoms with Crippen LogP contribution < -0.4 is 11.1 Å². The Hall–Kier alpha value is -0.610. The second-order valence-electron chi connectivity index (χ2n) is 6.33. The van der Waals surface area contributed by atoms with Gasteiger partial charge in [0.1, 0.15) is 0 Å². The van der Waals surface area contributed by atoms with E-state index in [4.69, 9.17) is 10.5 Å². The van der Waals surface area contributed by atoms with Gasteiger partial charge in [-0.25, -0.2) is 0 Å². The Balaban J connectivity index is 2.52. The molecule has 1 saturated heterocycles. The SMILES string of the molecule is CC1(CNC(=O)C(C)(C)C(C)(C)N)COC1. The first kappa shape index (κ1) is 13.5. The van der Waals surface area contributed by atoms with Gasteiger partial charge in [-0.05, 0) is 27.7 Å². The number of carbonyl (C=O) groups is 1. The molecule has 1 fully saturated rings. The van der Waals surface area contributed by atoms with E-state index in [0.717, 1.165) is 13.2 Å². The van der Waals surface area contributed by atoms with Crippen LogP contribution in [0.5, 0.6) is 0 Å². The quantitative estimate of drug-likeness (QED) is 0.751. The zero-order valence-electron chi connectivity index (χ0n) is 11.0. The van der Waals surface area contributed by atoms with Crippen LogP contribution in [0, 0.1) is 10.8 Å². The van der Waals surface area contributed by atoms with E-state index in [9.17, 15) is 4.79 Å². The van der Waals surface area contributed by atoms with Crippen LogP contribution in [0.1, 0.15) is 34.6 Å². The third-order valence-corrected chi connectivity index (χ3v) is 3.76. The molecule has 1 amide bonds. The molecule has 16 heavy (non-hydrogen) atoms. The van der Waals surface area contributed by atoms with Crippen molar-refractivity contribution in [2.75, 3.05) is 19.8 Å². The van der Waals surface area contributed by atoms with Crippen molar-refractivity contribution in [2.45, 2.75) is 40.2 Å². The molecule has 0 bridgehead atoms. The van der Waals surface area contributed by atoms with Gasteiger partial charge in [0.15, 0.2) is 0 Å². The summed E-state index contributed by atoms with van der Waals surface area (Å²) in [6.07, 6.45) is 0. The van der Waals surface area contributed by atoms with Crippen LogP contribution in [0.25, 0.3) is 0 Å². The lowest BCUT2D eigenvalue weighted by Gasteiger charge is -2.41. The monoisotopic (exact) mass is 228 g/mol. The molecule has 0 aromatic heterocycles. The summed E-state index contributed by atoms with van der Waals surface area (Å²) < 4.78 is 5.15. The molecule has 0 aromatic carbocycles. The molecular weight excluding hydrogens is 204 g/mol. The summed E-state index contributed by atoms with van der Waals surface area (Å²) in [5.41, 5.74) is 5.01. The molecule has 0 unspecified atom stereocenters. The zero-order chi connectivity index (χ0) is 12.6. The topological polar surface area (TPSA) is 64.4 Å². The van der Waals surface area contributed by atoms with Crippen LogP contribution in [0.4, 0.5) is 0 Å². The molecule has 1 heterocycles. The first-order valence-corrected chi connectivity index (χ1v) is 5.73. The Morgan fingerprint density at radius 1 is 1.38 bits per heavy atom. The molecule has 0 atom stereocenters. The van der Waals surface area contributed by atoms with Crippen LogP contribution in [-0.4, -0.2) is 31.2 Å². The second-order valence-corrected chi connectivity index (χ2v) is 6.33. The fraction of sp³-hybridized carbons (Fsp3) is 0.917. The van der Waals surface area contributed by atoms with Crippen molar-refractivity contribution in [3.8, 4) is 0 Å². The predicted octanol–water partition coefficient (Wildman–Crippen LogP) is 0.903. The predicted molar refractivity (Wildman–Crippen MR) is 64.0 cm³/mol. The molecule has 94 valence electrons. The van der Waals surface area contributed by atoms with Crippen LogP contribution >= 0.6 is 0 Å². The third kappa shape index (κ3) is 2.55. The number of nitrogens with one attached hydrogen (secondary N) is 1. The molecule has 1 aliphatic rings. The van der Waals surface area contributed by atoms with E-state index >= 15 is 0 Å². The van der Waals surface area contributed by atoms with Gasteiger partial charge in [-0.3, -0.25) is 4.79 Å². The average Bonchev–Trinajstić information content (AvgIpc) is 2.09. The first-order chi connectivity index (χ1) is 7.08. The zero-order valence-corrected chi connectivity index (χ0v) is 11.0. The molecule has 1 rings (SSSR count). The Morgan fingerprint density at radius 3 is 2.19 bits per heavy atom. The number of hydrogen-bond acceptors (Lipinski definition) is 3. The lowest BCUT2D eigenvalue weighted by Crippen LogP contribution is -2.58. The van der Waals surface area contributed by atoms with Gasteiger partial charge in [0, 0.05) is 17.5 Å². The third-order valence-electron chi connectivity index (χ3n) is 3.76. The number of rotatable bonds is 4. The summed E-state index contributed by atoms with van der Waals surface area (Å²) in [5, 5.41) is 2.97. The summed E-state index contributed by atoms with van der Waals surface area (Å²) in [7, 11) is 0. The summed E-state index contributed by atoms with van der Waals surface area (Å²) in [6.45, 7) is 11.7. The summed E-state index contributed by atoms with van der Waals surface area (Å²) in [6, 6.07) is 0. The first-order valence-electron chi connectivity index (χ1n) is 5.73. The van der Waals surface area contributed by atoms with Crippen molar-refractivity contribution in [3.63, 3.8) is 0 Å². The highest BCUT2D eigenvalue weighted by Gasteiger charge is 2.42. The highest BCUT2D eigenvalue weighted by atomic mass is 16.5. The lowest BCUT2D eigenvalue weighted by atomic mass is 9.74. The molecule has 0 radical (unpaired) electrons. The van der Waals surface area contributed by atoms with E-state index in [-0.39, 0.29) is 11.3 Å². The van der Waals surface area contributed by atoms with Crippen molar-refractivity contribution in [3.05, 3.63) is 0 Å². The molecule has 0 aliphatic carbocycles. The molecule has 0 aromatic rings. The van der Waals surface area contributed by atoms with Gasteiger partial charge in [-0.1, -0.05) is 6.92 Å². The standard InChI is InChI=1S/C12H24N2O2/c1-10(2,11(3,4)13)9(15)14-6-12(5)7-16-8-12/h6-8,13H2,1-5H3,(H,14,15). The van der Waals surface area contributed by atoms with Crippen molar-refractivity contribution in [2.24, 2.45) is 16.6 Å². The smallest absolute Gasteiger partial charge is 0.227 e. The minimum absolute atomic E-state index is 0.00752. The van der Waals surface area contributed by atoms with Gasteiger partial charge in [0.2, 0.25) is 5.91 Å². The number of hydrogen-bond donors (Lipinski definition) is 2. The van der Waals surface area contributed by atoms with E-state index in [1.807, 2.05) is 27.7 Å². The van der Waals surface area contributed by atoms with E-state index in [1.165, 1.54) is 0 Å². The van der Waals surface area contributed by atoms with Crippen molar-refractivity contribution in [1.29, 1.82) is 0 Å². The van der Waals surface area contributed by atoms with E-state index in [1.54, 1.807) is 0 Å². The number of amides is 1. The van der Waals surface area contributed by atoms with E-state index in [2.05, 4.69) is 12.2 Å². The average molecular weight is 228 g/mol. The van der Waals surface area contributed by atoms with Gasteiger partial charge in [0.05, 0.1) is 18.6 Å². The van der Waals surface area contributed by atoms with Gasteiger partial charge >= 0.3 is 0 Å². The van der Waals surface area contributed by atoms with Gasteiger partial charge in [-0.15, -0.1) is 0 Å². The maximum atomic E-state index is 12.1. The Morgan fingerprint density at radius 2 is 1.88 bits per heavy atom. The van der Waals surface area contributed by atoms with Gasteiger partial charge in [-0.2, -0.15) is 0 Å². The molecular formula is C12H24N2O2. The molecule has 3 N–H and O–H groups in total. The van der Waals surface area contributed by atoms with Crippen LogP contribution in [0.2, 0.25) is 0 Å². The van der Waals surface area contributed by atoms with Gasteiger partial charge < -0.3 is 15.8 Å². The maximum absolute atomic E-state index is 12.1.